The Morgan fingerprint density at radius 3 is 2.45 bits per heavy atom. The molecule has 1 amide bonds. The van der Waals surface area contributed by atoms with Crippen molar-refractivity contribution in [2.45, 2.75) is 59.5 Å². The van der Waals surface area contributed by atoms with Crippen molar-refractivity contribution in [3.8, 4) is 0 Å². The molecule has 1 atom stereocenters. The van der Waals surface area contributed by atoms with E-state index < -0.39 is 0 Å². The Balaban J connectivity index is 0.00000480. The van der Waals surface area contributed by atoms with Crippen LogP contribution in [0.3, 0.4) is 0 Å². The van der Waals surface area contributed by atoms with Crippen molar-refractivity contribution in [1.29, 1.82) is 0 Å². The van der Waals surface area contributed by atoms with Crippen LogP contribution in [0.5, 0.6) is 0 Å². The lowest BCUT2D eigenvalue weighted by atomic mass is 10.1. The summed E-state index contributed by atoms with van der Waals surface area (Å²) >= 11 is 0. The number of benzene rings is 1. The molecule has 0 bridgehead atoms. The second kappa shape index (κ2) is 14.7. The Morgan fingerprint density at radius 1 is 1.16 bits per heavy atom. The third-order valence-electron chi connectivity index (χ3n) is 5.65. The monoisotopic (exact) mass is 543 g/mol. The fourth-order valence-corrected chi connectivity index (χ4v) is 4.08. The number of halogens is 1. The Bertz CT molecular complexity index is 657. The third-order valence-corrected chi connectivity index (χ3v) is 5.65. The van der Waals surface area contributed by atoms with E-state index in [4.69, 9.17) is 4.99 Å². The molecule has 1 aliphatic heterocycles. The smallest absolute Gasteiger partial charge is 0.223 e. The molecule has 0 aliphatic carbocycles. The van der Waals surface area contributed by atoms with Gasteiger partial charge < -0.3 is 15.5 Å². The van der Waals surface area contributed by atoms with Gasteiger partial charge in [-0.3, -0.25) is 14.7 Å². The highest BCUT2D eigenvalue weighted by Gasteiger charge is 2.29. The minimum absolute atomic E-state index is 0. The van der Waals surface area contributed by atoms with Crippen LogP contribution in [-0.2, 0) is 11.2 Å². The summed E-state index contributed by atoms with van der Waals surface area (Å²) < 4.78 is 0. The van der Waals surface area contributed by atoms with Gasteiger partial charge in [-0.05, 0) is 46.6 Å². The summed E-state index contributed by atoms with van der Waals surface area (Å²) in [5.41, 5.74) is 1.28. The number of rotatable bonds is 11. The van der Waals surface area contributed by atoms with E-state index in [1.807, 2.05) is 11.0 Å². The summed E-state index contributed by atoms with van der Waals surface area (Å²) in [4.78, 5) is 21.6. The Morgan fingerprint density at radius 2 is 1.84 bits per heavy atom. The van der Waals surface area contributed by atoms with E-state index in [1.54, 1.807) is 0 Å². The van der Waals surface area contributed by atoms with Gasteiger partial charge in [-0.15, -0.1) is 24.0 Å². The molecule has 6 nitrogen and oxygen atoms in total. The van der Waals surface area contributed by atoms with Gasteiger partial charge in [0.1, 0.15) is 0 Å². The quantitative estimate of drug-likeness (QED) is 0.255. The summed E-state index contributed by atoms with van der Waals surface area (Å²) in [5, 5.41) is 6.78. The zero-order valence-corrected chi connectivity index (χ0v) is 22.3. The van der Waals surface area contributed by atoms with Crippen molar-refractivity contribution >= 4 is 35.8 Å². The first-order chi connectivity index (χ1) is 14.4. The molecule has 1 heterocycles. The molecule has 0 saturated carbocycles. The lowest BCUT2D eigenvalue weighted by molar-refractivity contribution is -0.127. The fourth-order valence-electron chi connectivity index (χ4n) is 4.08. The van der Waals surface area contributed by atoms with Gasteiger partial charge >= 0.3 is 0 Å². The molecular formula is C24H42IN5O. The number of aliphatic imine (C=N–C) groups is 1. The highest BCUT2D eigenvalue weighted by Crippen LogP contribution is 2.18. The van der Waals surface area contributed by atoms with Crippen LogP contribution in [0.2, 0.25) is 0 Å². The van der Waals surface area contributed by atoms with Crippen LogP contribution >= 0.6 is 24.0 Å². The molecule has 31 heavy (non-hydrogen) atoms. The number of guanidine groups is 1. The van der Waals surface area contributed by atoms with Crippen LogP contribution in [0.4, 0.5) is 0 Å². The van der Waals surface area contributed by atoms with Gasteiger partial charge in [-0.2, -0.15) is 0 Å². The molecule has 176 valence electrons. The predicted molar refractivity (Wildman–Crippen MR) is 141 cm³/mol. The van der Waals surface area contributed by atoms with Gasteiger partial charge in [0, 0.05) is 63.7 Å². The summed E-state index contributed by atoms with van der Waals surface area (Å²) in [6.07, 6.45) is 1.52. The number of carbonyl (C=O) groups is 1. The number of nitrogens with one attached hydrogen (secondary N) is 2. The van der Waals surface area contributed by atoms with Crippen LogP contribution in [0, 0.1) is 5.92 Å². The van der Waals surface area contributed by atoms with Crippen molar-refractivity contribution in [3.05, 3.63) is 35.9 Å². The average Bonchev–Trinajstić information content (AvgIpc) is 3.07. The lowest BCUT2D eigenvalue weighted by Crippen LogP contribution is -2.45. The largest absolute Gasteiger partial charge is 0.357 e. The minimum Gasteiger partial charge on any atom is -0.357 e. The molecule has 1 unspecified atom stereocenters. The second-order valence-electron chi connectivity index (χ2n) is 8.72. The molecule has 1 aliphatic rings. The first-order valence-corrected chi connectivity index (χ1v) is 11.5. The molecule has 1 fully saturated rings. The van der Waals surface area contributed by atoms with Crippen molar-refractivity contribution in [2.75, 3.05) is 39.3 Å². The van der Waals surface area contributed by atoms with Gasteiger partial charge in [0.15, 0.2) is 5.96 Å². The van der Waals surface area contributed by atoms with Crippen molar-refractivity contribution in [1.82, 2.24) is 20.4 Å². The molecular weight excluding hydrogens is 501 g/mol. The molecule has 0 radical (unpaired) electrons. The maximum Gasteiger partial charge on any atom is 0.223 e. The molecule has 1 saturated heterocycles. The van der Waals surface area contributed by atoms with E-state index in [1.165, 1.54) is 5.56 Å². The van der Waals surface area contributed by atoms with Crippen molar-refractivity contribution in [2.24, 2.45) is 10.9 Å². The molecule has 1 aromatic rings. The first kappa shape index (κ1) is 27.7. The number of nitrogens with zero attached hydrogens (tertiary/aromatic N) is 3. The number of carbonyl (C=O) groups excluding carboxylic acids is 1. The van der Waals surface area contributed by atoms with E-state index >= 15 is 0 Å². The van der Waals surface area contributed by atoms with Gasteiger partial charge in [0.2, 0.25) is 5.91 Å². The summed E-state index contributed by atoms with van der Waals surface area (Å²) in [6.45, 7) is 16.0. The average molecular weight is 544 g/mol. The standard InChI is InChI=1S/C24H41N5O.HI/c1-6-25-24(26-13-15-29(19(2)3)20(4)5)27-17-22-16-23(30)28(18-22)14-12-21-10-8-7-9-11-21;/h7-11,19-20,22H,6,12-18H2,1-5H3,(H2,25,26,27);1H. The molecule has 0 aromatic heterocycles. The third kappa shape index (κ3) is 9.76. The van der Waals surface area contributed by atoms with Crippen LogP contribution in [0.1, 0.15) is 46.6 Å². The van der Waals surface area contributed by atoms with Crippen LogP contribution < -0.4 is 10.6 Å². The van der Waals surface area contributed by atoms with Gasteiger partial charge in [-0.25, -0.2) is 0 Å². The molecule has 0 spiro atoms. The number of hydrogen-bond donors (Lipinski definition) is 2. The van der Waals surface area contributed by atoms with E-state index in [2.05, 4.69) is 74.4 Å². The second-order valence-corrected chi connectivity index (χ2v) is 8.72. The highest BCUT2D eigenvalue weighted by atomic mass is 127. The fraction of sp³-hybridized carbons (Fsp3) is 0.667. The minimum atomic E-state index is 0. The van der Waals surface area contributed by atoms with E-state index in [-0.39, 0.29) is 29.9 Å². The van der Waals surface area contributed by atoms with Crippen molar-refractivity contribution in [3.63, 3.8) is 0 Å². The zero-order valence-electron chi connectivity index (χ0n) is 19.9. The number of hydrogen-bond acceptors (Lipinski definition) is 3. The maximum atomic E-state index is 12.4. The van der Waals surface area contributed by atoms with Gasteiger partial charge in [0.05, 0.1) is 0 Å². The maximum absolute atomic E-state index is 12.4. The summed E-state index contributed by atoms with van der Waals surface area (Å²) in [5.74, 6) is 1.40. The van der Waals surface area contributed by atoms with E-state index in [0.717, 1.165) is 45.1 Å². The first-order valence-electron chi connectivity index (χ1n) is 11.5. The molecule has 2 rings (SSSR count). The lowest BCUT2D eigenvalue weighted by Gasteiger charge is -2.30. The number of likely N-dealkylation sites (tertiary alicyclic amines) is 1. The SMILES string of the molecule is CCNC(=NCC1CC(=O)N(CCc2ccccc2)C1)NCCN(C(C)C)C(C)C.I. The predicted octanol–water partition coefficient (Wildman–Crippen LogP) is 3.37. The Hall–Kier alpha value is -1.35. The number of amides is 1. The van der Waals surface area contributed by atoms with E-state index in [0.29, 0.717) is 31.0 Å². The van der Waals surface area contributed by atoms with Gasteiger partial charge in [0.25, 0.3) is 0 Å². The van der Waals surface area contributed by atoms with Crippen LogP contribution in [-0.4, -0.2) is 73.0 Å². The molecule has 7 heteroatoms. The Kier molecular flexibility index (Phi) is 13.1. The Labute approximate surface area is 206 Å². The molecule has 1 aromatic carbocycles. The van der Waals surface area contributed by atoms with Gasteiger partial charge in [-0.1, -0.05) is 30.3 Å². The van der Waals surface area contributed by atoms with Crippen molar-refractivity contribution < 1.29 is 4.79 Å². The highest BCUT2D eigenvalue weighted by molar-refractivity contribution is 14.0. The summed E-state index contributed by atoms with van der Waals surface area (Å²) in [7, 11) is 0. The normalized spacial score (nSPS) is 16.9. The van der Waals surface area contributed by atoms with Crippen LogP contribution in [0.25, 0.3) is 0 Å². The topological polar surface area (TPSA) is 60.0 Å². The van der Waals surface area contributed by atoms with E-state index in [9.17, 15) is 4.79 Å². The zero-order chi connectivity index (χ0) is 21.9. The molecule has 2 N–H and O–H groups in total. The summed E-state index contributed by atoms with van der Waals surface area (Å²) in [6, 6.07) is 11.4. The van der Waals surface area contributed by atoms with Crippen LogP contribution in [0.15, 0.2) is 35.3 Å².